The largest absolute Gasteiger partial charge is 0.464 e. The molecule has 1 N–H and O–H groups in total. The predicted octanol–water partition coefficient (Wildman–Crippen LogP) is 3.41. The van der Waals surface area contributed by atoms with Crippen molar-refractivity contribution in [2.24, 2.45) is 11.3 Å². The molecule has 0 bridgehead atoms. The minimum absolute atomic E-state index is 0.146. The highest BCUT2D eigenvalue weighted by Crippen LogP contribution is 2.28. The summed E-state index contributed by atoms with van der Waals surface area (Å²) in [5.74, 6) is -0.671. The first-order valence-corrected chi connectivity index (χ1v) is 12.3. The zero-order valence-electron chi connectivity index (χ0n) is 19.9. The summed E-state index contributed by atoms with van der Waals surface area (Å²) in [6.07, 6.45) is -0.198. The molecular formula is C23H37NO7S. The highest BCUT2D eigenvalue weighted by Gasteiger charge is 2.40. The molecule has 0 spiro atoms. The van der Waals surface area contributed by atoms with Crippen LogP contribution in [0.2, 0.25) is 0 Å². The lowest BCUT2D eigenvalue weighted by atomic mass is 9.87. The molecule has 0 saturated carbocycles. The van der Waals surface area contributed by atoms with E-state index in [-0.39, 0.29) is 26.2 Å². The second-order valence-corrected chi connectivity index (χ2v) is 10.7. The first-order chi connectivity index (χ1) is 14.9. The van der Waals surface area contributed by atoms with E-state index in [1.165, 1.54) is 6.92 Å². The van der Waals surface area contributed by atoms with Gasteiger partial charge in [0.15, 0.2) is 11.5 Å². The Labute approximate surface area is 192 Å². The lowest BCUT2D eigenvalue weighted by Crippen LogP contribution is -2.45. The van der Waals surface area contributed by atoms with Crippen LogP contribution in [0.15, 0.2) is 30.3 Å². The number of hydrogen-bond acceptors (Lipinski definition) is 7. The van der Waals surface area contributed by atoms with E-state index in [0.29, 0.717) is 12.3 Å². The maximum absolute atomic E-state index is 12.8. The van der Waals surface area contributed by atoms with E-state index in [0.717, 1.165) is 5.56 Å². The molecule has 0 aliphatic heterocycles. The summed E-state index contributed by atoms with van der Waals surface area (Å²) in [5.41, 5.74) is -0.154. The van der Waals surface area contributed by atoms with Crippen molar-refractivity contribution in [1.29, 1.82) is 0 Å². The molecule has 1 aromatic rings. The van der Waals surface area contributed by atoms with Crippen LogP contribution < -0.4 is 5.32 Å². The fourth-order valence-corrected chi connectivity index (χ4v) is 4.19. The monoisotopic (exact) mass is 471 g/mol. The molecule has 0 saturated heterocycles. The Morgan fingerprint density at radius 1 is 1.12 bits per heavy atom. The van der Waals surface area contributed by atoms with Gasteiger partial charge in [-0.2, -0.15) is 8.42 Å². The Kier molecular flexibility index (Phi) is 11.3. The molecule has 2 atom stereocenters. The fraction of sp³-hybridized carbons (Fsp3) is 0.652. The summed E-state index contributed by atoms with van der Waals surface area (Å²) in [5, 5.41) is 1.20. The number of benzene rings is 1. The second-order valence-electron chi connectivity index (χ2n) is 8.87. The average Bonchev–Trinajstić information content (AvgIpc) is 2.71. The summed E-state index contributed by atoms with van der Waals surface area (Å²) in [6.45, 7) is 10.4. The standard InChI is InChI=1S/C23H37NO7S/c1-7-20(24-18(4)25)32(27,28)31-16-23(5,6)21(22(26)29-14-13-17(2)3)30-15-19-11-9-8-10-12-19/h8-12,17,20-21H,7,13-16H2,1-6H3,(H,24,25)/t20?,21-/m0/s1. The van der Waals surface area contributed by atoms with Crippen LogP contribution >= 0.6 is 0 Å². The molecule has 182 valence electrons. The van der Waals surface area contributed by atoms with Gasteiger partial charge >= 0.3 is 5.97 Å². The van der Waals surface area contributed by atoms with Crippen LogP contribution in [0.1, 0.15) is 59.9 Å². The summed E-state index contributed by atoms with van der Waals surface area (Å²) in [6, 6.07) is 9.34. The van der Waals surface area contributed by atoms with Gasteiger partial charge in [-0.3, -0.25) is 8.98 Å². The molecule has 0 heterocycles. The number of nitrogens with one attached hydrogen (secondary N) is 1. The van der Waals surface area contributed by atoms with Gasteiger partial charge in [0.05, 0.1) is 19.8 Å². The Balaban J connectivity index is 2.95. The highest BCUT2D eigenvalue weighted by molar-refractivity contribution is 7.87. The summed E-state index contributed by atoms with van der Waals surface area (Å²) in [7, 11) is -4.09. The molecule has 0 aliphatic carbocycles. The smallest absolute Gasteiger partial charge is 0.335 e. The van der Waals surface area contributed by atoms with Crippen molar-refractivity contribution in [3.63, 3.8) is 0 Å². The third-order valence-electron chi connectivity index (χ3n) is 4.80. The van der Waals surface area contributed by atoms with Crippen molar-refractivity contribution < 1.29 is 31.7 Å². The normalized spacial score (nSPS) is 14.1. The van der Waals surface area contributed by atoms with Crippen molar-refractivity contribution >= 4 is 22.0 Å². The second kappa shape index (κ2) is 12.9. The number of ether oxygens (including phenoxy) is 2. The molecule has 0 aromatic heterocycles. The van der Waals surface area contributed by atoms with E-state index in [9.17, 15) is 18.0 Å². The van der Waals surface area contributed by atoms with Crippen LogP contribution in [-0.4, -0.2) is 45.0 Å². The molecule has 1 amide bonds. The van der Waals surface area contributed by atoms with Crippen LogP contribution in [0.3, 0.4) is 0 Å². The van der Waals surface area contributed by atoms with E-state index in [4.69, 9.17) is 13.7 Å². The zero-order valence-corrected chi connectivity index (χ0v) is 20.7. The summed E-state index contributed by atoms with van der Waals surface area (Å²) < 4.78 is 41.7. The third kappa shape index (κ3) is 9.67. The van der Waals surface area contributed by atoms with Crippen molar-refractivity contribution in [1.82, 2.24) is 5.32 Å². The number of rotatable bonds is 14. The Bertz CT molecular complexity index is 822. The topological polar surface area (TPSA) is 108 Å². The highest BCUT2D eigenvalue weighted by atomic mass is 32.2. The van der Waals surface area contributed by atoms with Crippen molar-refractivity contribution in [3.05, 3.63) is 35.9 Å². The van der Waals surface area contributed by atoms with Gasteiger partial charge in [0, 0.05) is 12.3 Å². The molecule has 32 heavy (non-hydrogen) atoms. The number of esters is 1. The predicted molar refractivity (Wildman–Crippen MR) is 122 cm³/mol. The van der Waals surface area contributed by atoms with Crippen LogP contribution in [0.4, 0.5) is 0 Å². The number of carbonyl (C=O) groups excluding carboxylic acids is 2. The minimum Gasteiger partial charge on any atom is -0.464 e. The maximum Gasteiger partial charge on any atom is 0.335 e. The number of carbonyl (C=O) groups is 2. The first-order valence-electron chi connectivity index (χ1n) is 10.9. The molecular weight excluding hydrogens is 434 g/mol. The van der Waals surface area contributed by atoms with E-state index in [1.54, 1.807) is 20.8 Å². The van der Waals surface area contributed by atoms with E-state index in [1.807, 2.05) is 44.2 Å². The summed E-state index contributed by atoms with van der Waals surface area (Å²) >= 11 is 0. The SMILES string of the molecule is CCC(NC(C)=O)S(=O)(=O)OCC(C)(C)[C@@H](OCc1ccccc1)C(=O)OCCC(C)C. The third-order valence-corrected chi connectivity index (χ3v) is 6.40. The lowest BCUT2D eigenvalue weighted by molar-refractivity contribution is -0.169. The van der Waals surface area contributed by atoms with Crippen molar-refractivity contribution in [3.8, 4) is 0 Å². The Morgan fingerprint density at radius 3 is 2.28 bits per heavy atom. The number of amides is 1. The van der Waals surface area contributed by atoms with E-state index < -0.39 is 38.9 Å². The maximum atomic E-state index is 12.8. The number of hydrogen-bond donors (Lipinski definition) is 1. The molecule has 1 unspecified atom stereocenters. The lowest BCUT2D eigenvalue weighted by Gasteiger charge is -2.32. The van der Waals surface area contributed by atoms with E-state index in [2.05, 4.69) is 5.32 Å². The van der Waals surface area contributed by atoms with Gasteiger partial charge in [0.1, 0.15) is 0 Å². The Hall–Kier alpha value is -1.97. The molecule has 8 nitrogen and oxygen atoms in total. The van der Waals surface area contributed by atoms with Crippen LogP contribution in [-0.2, 0) is 40.0 Å². The molecule has 0 radical (unpaired) electrons. The Morgan fingerprint density at radius 2 is 1.75 bits per heavy atom. The van der Waals surface area contributed by atoms with Crippen molar-refractivity contribution in [2.45, 2.75) is 72.5 Å². The van der Waals surface area contributed by atoms with Gasteiger partial charge < -0.3 is 14.8 Å². The van der Waals surface area contributed by atoms with Gasteiger partial charge in [-0.1, -0.05) is 65.0 Å². The molecule has 1 aromatic carbocycles. The summed E-state index contributed by atoms with van der Waals surface area (Å²) in [4.78, 5) is 24.2. The minimum atomic E-state index is -4.09. The molecule has 9 heteroatoms. The molecule has 1 rings (SSSR count). The van der Waals surface area contributed by atoms with Gasteiger partial charge in [-0.25, -0.2) is 4.79 Å². The first kappa shape index (κ1) is 28.1. The fourth-order valence-electron chi connectivity index (χ4n) is 2.83. The van der Waals surface area contributed by atoms with Gasteiger partial charge in [-0.05, 0) is 24.3 Å². The van der Waals surface area contributed by atoms with Gasteiger partial charge in [0.2, 0.25) is 5.91 Å². The van der Waals surface area contributed by atoms with Crippen molar-refractivity contribution in [2.75, 3.05) is 13.2 Å². The molecule has 0 aliphatic rings. The van der Waals surface area contributed by atoms with Crippen LogP contribution in [0.25, 0.3) is 0 Å². The van der Waals surface area contributed by atoms with Crippen LogP contribution in [0.5, 0.6) is 0 Å². The van der Waals surface area contributed by atoms with Gasteiger partial charge in [0.25, 0.3) is 10.1 Å². The zero-order chi connectivity index (χ0) is 24.4. The average molecular weight is 472 g/mol. The van der Waals surface area contributed by atoms with Crippen LogP contribution in [0, 0.1) is 11.3 Å². The molecule has 0 fully saturated rings. The van der Waals surface area contributed by atoms with Gasteiger partial charge in [-0.15, -0.1) is 0 Å². The van der Waals surface area contributed by atoms with E-state index >= 15 is 0 Å². The quantitative estimate of drug-likeness (QED) is 0.327.